The van der Waals surface area contributed by atoms with Crippen molar-refractivity contribution in [2.75, 3.05) is 5.73 Å². The number of carbonyl (C=O) groups excluding carboxylic acids is 2. The van der Waals surface area contributed by atoms with Gasteiger partial charge in [0.25, 0.3) is 11.8 Å². The summed E-state index contributed by atoms with van der Waals surface area (Å²) in [6.07, 6.45) is -3.39. The molecule has 190 valence electrons. The minimum Gasteiger partial charge on any atom is -0.477 e. The van der Waals surface area contributed by atoms with E-state index in [1.165, 1.54) is 6.07 Å². The van der Waals surface area contributed by atoms with Crippen molar-refractivity contribution in [2.24, 2.45) is 5.16 Å². The van der Waals surface area contributed by atoms with Crippen LogP contribution in [0.4, 0.5) is 18.3 Å². The Bertz CT molecular complexity index is 1330. The number of alkyl halides is 3. The molecule has 1 saturated heterocycles. The number of hydrogen-bond acceptors (Lipinski definition) is 10. The number of β-lactam (4-membered cyclic amide) rings is 1. The minimum atomic E-state index is -4.68. The van der Waals surface area contributed by atoms with Crippen molar-refractivity contribution in [2.45, 2.75) is 36.0 Å². The number of nitrogens with one attached hydrogen (secondary N) is 1. The molecule has 11 nitrogen and oxygen atoms in total. The zero-order valence-electron chi connectivity index (χ0n) is 17.6. The van der Waals surface area contributed by atoms with Gasteiger partial charge in [-0.05, 0) is 25.0 Å². The number of aliphatic carboxylic acids is 1. The van der Waals surface area contributed by atoms with Gasteiger partial charge >= 0.3 is 12.1 Å². The average Bonchev–Trinajstić information content (AvgIpc) is 3.14. The summed E-state index contributed by atoms with van der Waals surface area (Å²) in [7, 11) is 0. The van der Waals surface area contributed by atoms with Gasteiger partial charge in [0.05, 0.1) is 6.04 Å². The molecular formula is C19H14ClF3N6O5S2. The Morgan fingerprint density at radius 3 is 2.69 bits per heavy atom. The van der Waals surface area contributed by atoms with Crippen molar-refractivity contribution in [1.29, 1.82) is 0 Å². The van der Waals surface area contributed by atoms with Crippen molar-refractivity contribution < 1.29 is 37.9 Å². The quantitative estimate of drug-likeness (QED) is 0.179. The molecule has 4 rings (SSSR count). The Labute approximate surface area is 212 Å². The number of amides is 2. The van der Waals surface area contributed by atoms with Crippen LogP contribution in [0, 0.1) is 0 Å². The Morgan fingerprint density at radius 2 is 2.11 bits per heavy atom. The number of thioether (sulfide) groups is 1. The molecule has 5 N–H and O–H groups in total. The largest absolute Gasteiger partial charge is 0.477 e. The van der Waals surface area contributed by atoms with Crippen LogP contribution >= 0.6 is 34.7 Å². The number of pyridine rings is 1. The first-order valence-electron chi connectivity index (χ1n) is 9.88. The molecule has 17 heteroatoms. The number of carboxylic acids is 1. The normalized spacial score (nSPS) is 20.2. The molecule has 2 aromatic rings. The Hall–Kier alpha value is -3.37. The fourth-order valence-electron chi connectivity index (χ4n) is 3.77. The molecule has 0 saturated carbocycles. The molecule has 1 fully saturated rings. The Balaban J connectivity index is 1.54. The number of carbonyl (C=O) groups is 3. The van der Waals surface area contributed by atoms with E-state index in [1.807, 2.05) is 0 Å². The van der Waals surface area contributed by atoms with E-state index in [2.05, 4.69) is 20.4 Å². The summed E-state index contributed by atoms with van der Waals surface area (Å²) >= 11 is 7.58. The fraction of sp³-hybridized carbons (Fsp3) is 0.263. The molecule has 2 atom stereocenters. The second kappa shape index (κ2) is 9.59. The minimum absolute atomic E-state index is 0.0138. The third-order valence-electron chi connectivity index (χ3n) is 5.29. The molecule has 2 aromatic heterocycles. The first-order valence-corrected chi connectivity index (χ1v) is 11.9. The van der Waals surface area contributed by atoms with E-state index in [-0.39, 0.29) is 43.5 Å². The van der Waals surface area contributed by atoms with Crippen LogP contribution in [-0.2, 0) is 20.6 Å². The average molecular weight is 563 g/mol. The lowest BCUT2D eigenvalue weighted by molar-refractivity contribution is -0.155. The smallest absolute Gasteiger partial charge is 0.433 e. The number of halogens is 4. The molecule has 0 spiro atoms. The molecular weight excluding hydrogens is 549 g/mol. The number of nitrogens with two attached hydrogens (primary N) is 1. The topological polar surface area (TPSA) is 171 Å². The number of hydrogen-bond donors (Lipinski definition) is 4. The predicted molar refractivity (Wildman–Crippen MR) is 121 cm³/mol. The van der Waals surface area contributed by atoms with Gasteiger partial charge < -0.3 is 21.4 Å². The number of allylic oxidation sites excluding steroid dienone is 1. The van der Waals surface area contributed by atoms with E-state index in [9.17, 15) is 37.9 Å². The maximum Gasteiger partial charge on any atom is 0.433 e. The van der Waals surface area contributed by atoms with Gasteiger partial charge in [-0.1, -0.05) is 39.9 Å². The van der Waals surface area contributed by atoms with Crippen molar-refractivity contribution in [3.05, 3.63) is 44.7 Å². The number of nitrogen functional groups attached to an aromatic ring is 1. The van der Waals surface area contributed by atoms with E-state index in [0.717, 1.165) is 40.3 Å². The lowest BCUT2D eigenvalue weighted by Gasteiger charge is -2.50. The van der Waals surface area contributed by atoms with Gasteiger partial charge in [0.2, 0.25) is 0 Å². The zero-order valence-corrected chi connectivity index (χ0v) is 20.0. The van der Waals surface area contributed by atoms with Crippen LogP contribution in [0.5, 0.6) is 0 Å². The number of nitrogens with zero attached hydrogens (tertiary/aromatic N) is 4. The first kappa shape index (κ1) is 25.7. The summed E-state index contributed by atoms with van der Waals surface area (Å²) in [6, 6.07) is 0.209. The van der Waals surface area contributed by atoms with Gasteiger partial charge in [0.1, 0.15) is 27.5 Å². The van der Waals surface area contributed by atoms with E-state index >= 15 is 0 Å². The predicted octanol–water partition coefficient (Wildman–Crippen LogP) is 2.55. The van der Waals surface area contributed by atoms with Gasteiger partial charge in [-0.15, -0.1) is 0 Å². The Morgan fingerprint density at radius 1 is 1.39 bits per heavy atom. The molecule has 2 amide bonds. The third-order valence-corrected chi connectivity index (χ3v) is 7.50. The van der Waals surface area contributed by atoms with Crippen LogP contribution < -0.4 is 11.1 Å². The summed E-state index contributed by atoms with van der Waals surface area (Å²) in [6.45, 7) is 0. The molecule has 0 aromatic carbocycles. The van der Waals surface area contributed by atoms with E-state index in [0.29, 0.717) is 0 Å². The standard InChI is InChI=1S/C19H14ClF3N6O5S2/c20-14-11(27-18(24)36-14)12(28-34)15(30)26-10-7-1-2-8(13(17(32)33)29(7)16(10)31)35-6-3-4-25-9(5-6)19(21,22)23/h3-5,7,10,34H,1-2H2,(H2,24,27)(H,26,30)(H,32,33)/b28-12-/t7-,10+/m1/s1. The number of rotatable bonds is 6. The highest BCUT2D eigenvalue weighted by molar-refractivity contribution is 8.03. The lowest BCUT2D eigenvalue weighted by atomic mass is 9.86. The second-order valence-corrected chi connectivity index (χ2v) is 10.2. The molecule has 4 heterocycles. The SMILES string of the molecule is Nc1nc(/C(=N/O)C(=O)N[C@@H]2C(=O)N3C(C(=O)O)=C(Sc4ccnc(C(F)(F)F)c4)CC[C@H]23)c(Cl)s1. The highest BCUT2D eigenvalue weighted by Crippen LogP contribution is 2.43. The number of aromatic nitrogens is 2. The summed E-state index contributed by atoms with van der Waals surface area (Å²) in [5, 5.41) is 24.3. The van der Waals surface area contributed by atoms with E-state index in [4.69, 9.17) is 17.3 Å². The third kappa shape index (κ3) is 4.70. The molecule has 2 aliphatic rings. The Kier molecular flexibility index (Phi) is 6.85. The molecule has 0 bridgehead atoms. The summed E-state index contributed by atoms with van der Waals surface area (Å²) in [5.41, 5.74) is 3.24. The van der Waals surface area contributed by atoms with Gasteiger partial charge in [0, 0.05) is 16.0 Å². The number of carboxylic acid groups (broad SMARTS) is 1. The van der Waals surface area contributed by atoms with Crippen LogP contribution in [0.2, 0.25) is 4.34 Å². The number of thiazole rings is 1. The van der Waals surface area contributed by atoms with Gasteiger partial charge in [-0.2, -0.15) is 13.2 Å². The molecule has 0 radical (unpaired) electrons. The molecule has 0 aliphatic carbocycles. The summed E-state index contributed by atoms with van der Waals surface area (Å²) in [4.78, 5) is 45.8. The number of fused-ring (bicyclic) bond motifs is 1. The maximum atomic E-state index is 13.0. The van der Waals surface area contributed by atoms with Crippen molar-refractivity contribution in [3.8, 4) is 0 Å². The van der Waals surface area contributed by atoms with Crippen molar-refractivity contribution >= 4 is 63.3 Å². The second-order valence-electron chi connectivity index (χ2n) is 7.44. The highest BCUT2D eigenvalue weighted by Gasteiger charge is 2.54. The van der Waals surface area contributed by atoms with Gasteiger partial charge in [-0.25, -0.2) is 9.78 Å². The lowest BCUT2D eigenvalue weighted by Crippen LogP contribution is -2.72. The van der Waals surface area contributed by atoms with Crippen LogP contribution in [0.15, 0.2) is 39.0 Å². The van der Waals surface area contributed by atoms with Crippen LogP contribution in [0.25, 0.3) is 0 Å². The number of anilines is 1. The van der Waals surface area contributed by atoms with Gasteiger partial charge in [-0.3, -0.25) is 19.5 Å². The molecule has 0 unspecified atom stereocenters. The monoisotopic (exact) mass is 562 g/mol. The first-order chi connectivity index (χ1) is 16.9. The summed E-state index contributed by atoms with van der Waals surface area (Å²) < 4.78 is 38.9. The van der Waals surface area contributed by atoms with E-state index in [1.54, 1.807) is 0 Å². The van der Waals surface area contributed by atoms with Gasteiger partial charge in [0.15, 0.2) is 10.8 Å². The van der Waals surface area contributed by atoms with Crippen LogP contribution in [0.1, 0.15) is 24.2 Å². The zero-order chi connectivity index (χ0) is 26.4. The fourth-order valence-corrected chi connectivity index (χ4v) is 5.79. The highest BCUT2D eigenvalue weighted by atomic mass is 35.5. The van der Waals surface area contributed by atoms with Crippen molar-refractivity contribution in [3.63, 3.8) is 0 Å². The molecule has 36 heavy (non-hydrogen) atoms. The van der Waals surface area contributed by atoms with Crippen molar-refractivity contribution in [1.82, 2.24) is 20.2 Å². The van der Waals surface area contributed by atoms with E-state index < -0.39 is 47.4 Å². The maximum absolute atomic E-state index is 13.0. The van der Waals surface area contributed by atoms with Crippen LogP contribution in [-0.4, -0.2) is 60.8 Å². The number of oxime groups is 1. The molecule has 2 aliphatic heterocycles. The van der Waals surface area contributed by atoms with Crippen LogP contribution in [0.3, 0.4) is 0 Å². The summed E-state index contributed by atoms with van der Waals surface area (Å²) in [5.74, 6) is -3.19.